The van der Waals surface area contributed by atoms with Gasteiger partial charge in [0.2, 0.25) is 10.0 Å². The normalized spacial score (nSPS) is 11.7. The maximum atomic E-state index is 13.7. The second-order valence-electron chi connectivity index (χ2n) is 8.09. The molecule has 9 heteroatoms. The highest BCUT2D eigenvalue weighted by Gasteiger charge is 2.27. The number of nitrogens with zero attached hydrogens (tertiary/aromatic N) is 1. The summed E-state index contributed by atoms with van der Waals surface area (Å²) in [5.74, 6) is 0.981. The van der Waals surface area contributed by atoms with Crippen LogP contribution in [0.1, 0.15) is 16.7 Å². The Hall–Kier alpha value is -3.33. The zero-order chi connectivity index (χ0) is 25.2. The Morgan fingerprint density at radius 1 is 0.914 bits per heavy atom. The molecule has 35 heavy (non-hydrogen) atoms. The Labute approximate surface area is 208 Å². The number of H-pyrrole nitrogens is 1. The molecular weight excluding hydrogens is 488 g/mol. The molecule has 4 rings (SSSR count). The highest BCUT2D eigenvalue weighted by molar-refractivity contribution is 7.89. The molecule has 1 heterocycles. The Morgan fingerprint density at radius 3 is 2.26 bits per heavy atom. The van der Waals surface area contributed by atoms with Crippen molar-refractivity contribution in [2.45, 2.75) is 24.9 Å². The number of hydrogen-bond acceptors (Lipinski definition) is 5. The van der Waals surface area contributed by atoms with Gasteiger partial charge in [-0.1, -0.05) is 48.0 Å². The van der Waals surface area contributed by atoms with Crippen LogP contribution in [-0.2, 0) is 23.1 Å². The number of rotatable bonds is 8. The summed E-state index contributed by atoms with van der Waals surface area (Å²) in [5, 5.41) is 1.04. The molecule has 0 amide bonds. The minimum Gasteiger partial charge on any atom is -0.493 e. The van der Waals surface area contributed by atoms with E-state index in [4.69, 9.17) is 21.1 Å². The third kappa shape index (κ3) is 5.19. The van der Waals surface area contributed by atoms with Gasteiger partial charge in [0.05, 0.1) is 24.6 Å². The molecule has 0 unspecified atom stereocenters. The van der Waals surface area contributed by atoms with Crippen LogP contribution in [0, 0.1) is 6.92 Å². The first-order chi connectivity index (χ1) is 16.7. The van der Waals surface area contributed by atoms with Crippen molar-refractivity contribution in [3.63, 3.8) is 0 Å². The number of methoxy groups -OCH3 is 2. The molecule has 182 valence electrons. The Kier molecular flexibility index (Phi) is 7.16. The smallest absolute Gasteiger partial charge is 0.252 e. The number of pyridine rings is 1. The number of nitrogens with one attached hydrogen (secondary N) is 1. The van der Waals surface area contributed by atoms with E-state index < -0.39 is 10.0 Å². The van der Waals surface area contributed by atoms with E-state index in [1.165, 1.54) is 30.7 Å². The van der Waals surface area contributed by atoms with Gasteiger partial charge in [0.1, 0.15) is 0 Å². The Morgan fingerprint density at radius 2 is 1.60 bits per heavy atom. The molecule has 0 aliphatic heterocycles. The Balaban J connectivity index is 1.80. The average Bonchev–Trinajstić information content (AvgIpc) is 2.85. The van der Waals surface area contributed by atoms with Crippen molar-refractivity contribution in [1.29, 1.82) is 0 Å². The van der Waals surface area contributed by atoms with Crippen LogP contribution in [0.5, 0.6) is 11.5 Å². The Bertz CT molecular complexity index is 1540. The summed E-state index contributed by atoms with van der Waals surface area (Å²) < 4.78 is 39.3. The van der Waals surface area contributed by atoms with Crippen molar-refractivity contribution in [2.24, 2.45) is 0 Å². The van der Waals surface area contributed by atoms with Gasteiger partial charge in [0.25, 0.3) is 5.56 Å². The molecule has 7 nitrogen and oxygen atoms in total. The van der Waals surface area contributed by atoms with Crippen molar-refractivity contribution in [3.05, 3.63) is 98.8 Å². The van der Waals surface area contributed by atoms with Crippen molar-refractivity contribution >= 4 is 32.5 Å². The first-order valence-electron chi connectivity index (χ1n) is 10.8. The standard InChI is InChI=1S/C26H25ClN2O5S/c1-17-9-10-21(13-22(17)27)35(31,32)29(15-18-7-5-4-6-8-18)16-20-11-19-12-24(33-2)25(34-3)14-23(19)28-26(20)30/h4-14H,15-16H2,1-3H3,(H,28,30). The summed E-state index contributed by atoms with van der Waals surface area (Å²) in [7, 11) is -0.940. The molecule has 1 aromatic heterocycles. The van der Waals surface area contributed by atoms with Gasteiger partial charge in [-0.3, -0.25) is 4.79 Å². The zero-order valence-corrected chi connectivity index (χ0v) is 21.1. The molecule has 0 saturated heterocycles. The number of halogens is 1. The molecule has 3 aromatic carbocycles. The second kappa shape index (κ2) is 10.1. The molecule has 1 N–H and O–H groups in total. The number of fused-ring (bicyclic) bond motifs is 1. The van der Waals surface area contributed by atoms with Gasteiger partial charge in [-0.05, 0) is 42.3 Å². The summed E-state index contributed by atoms with van der Waals surface area (Å²) in [5.41, 5.74) is 2.02. The number of aromatic amines is 1. The van der Waals surface area contributed by atoms with Crippen LogP contribution in [0.4, 0.5) is 0 Å². The van der Waals surface area contributed by atoms with Gasteiger partial charge in [0, 0.05) is 35.1 Å². The molecule has 0 spiro atoms. The van der Waals surface area contributed by atoms with Crippen LogP contribution in [0.25, 0.3) is 10.9 Å². The van der Waals surface area contributed by atoms with Crippen molar-refractivity contribution < 1.29 is 17.9 Å². The van der Waals surface area contributed by atoms with E-state index in [1.807, 2.05) is 30.3 Å². The number of benzene rings is 3. The van der Waals surface area contributed by atoms with Crippen LogP contribution in [0.2, 0.25) is 5.02 Å². The monoisotopic (exact) mass is 512 g/mol. The van der Waals surface area contributed by atoms with Crippen LogP contribution in [-0.4, -0.2) is 31.9 Å². The molecule has 0 saturated carbocycles. The zero-order valence-electron chi connectivity index (χ0n) is 19.5. The summed E-state index contributed by atoms with van der Waals surface area (Å²) in [6.07, 6.45) is 0. The molecule has 0 fully saturated rings. The highest BCUT2D eigenvalue weighted by atomic mass is 35.5. The molecule has 0 radical (unpaired) electrons. The van der Waals surface area contributed by atoms with Gasteiger partial charge in [-0.15, -0.1) is 0 Å². The molecule has 0 aliphatic rings. The van der Waals surface area contributed by atoms with E-state index in [0.717, 1.165) is 11.1 Å². The lowest BCUT2D eigenvalue weighted by Crippen LogP contribution is -2.32. The predicted octanol–water partition coefficient (Wildman–Crippen LogP) is 4.90. The van der Waals surface area contributed by atoms with Gasteiger partial charge in [0.15, 0.2) is 11.5 Å². The molecule has 0 atom stereocenters. The van der Waals surface area contributed by atoms with Gasteiger partial charge >= 0.3 is 0 Å². The summed E-state index contributed by atoms with van der Waals surface area (Å²) in [6.45, 7) is 1.75. The fourth-order valence-electron chi connectivity index (χ4n) is 3.78. The van der Waals surface area contributed by atoms with Crippen LogP contribution in [0.3, 0.4) is 0 Å². The third-order valence-corrected chi connectivity index (χ3v) is 7.95. The van der Waals surface area contributed by atoms with Crippen molar-refractivity contribution in [2.75, 3.05) is 14.2 Å². The number of aryl methyl sites for hydroxylation is 1. The molecule has 4 aromatic rings. The summed E-state index contributed by atoms with van der Waals surface area (Å²) >= 11 is 6.23. The first-order valence-corrected chi connectivity index (χ1v) is 12.6. The van der Waals surface area contributed by atoms with Crippen LogP contribution < -0.4 is 15.0 Å². The molecule has 0 bridgehead atoms. The SMILES string of the molecule is COc1cc2cc(CN(Cc3ccccc3)S(=O)(=O)c3ccc(C)c(Cl)c3)c(=O)[nH]c2cc1OC. The van der Waals surface area contributed by atoms with E-state index in [-0.39, 0.29) is 23.5 Å². The van der Waals surface area contributed by atoms with Crippen molar-refractivity contribution in [1.82, 2.24) is 9.29 Å². The van der Waals surface area contributed by atoms with Crippen LogP contribution >= 0.6 is 11.6 Å². The van der Waals surface area contributed by atoms with E-state index in [0.29, 0.717) is 33.0 Å². The maximum absolute atomic E-state index is 13.7. The lowest BCUT2D eigenvalue weighted by atomic mass is 10.1. The summed E-state index contributed by atoms with van der Waals surface area (Å²) in [6, 6.07) is 18.9. The largest absolute Gasteiger partial charge is 0.493 e. The minimum atomic E-state index is -3.98. The third-order valence-electron chi connectivity index (χ3n) is 5.75. The minimum absolute atomic E-state index is 0.0626. The predicted molar refractivity (Wildman–Crippen MR) is 137 cm³/mol. The highest BCUT2D eigenvalue weighted by Crippen LogP contribution is 2.31. The first kappa shape index (κ1) is 24.8. The fourth-order valence-corrected chi connectivity index (χ4v) is 5.46. The van der Waals surface area contributed by atoms with Crippen LogP contribution in [0.15, 0.2) is 76.4 Å². The van der Waals surface area contributed by atoms with Crippen molar-refractivity contribution in [3.8, 4) is 11.5 Å². The number of ether oxygens (including phenoxy) is 2. The van der Waals surface area contributed by atoms with E-state index in [1.54, 1.807) is 31.2 Å². The number of aromatic nitrogens is 1. The second-order valence-corrected chi connectivity index (χ2v) is 10.4. The molecular formula is C26H25ClN2O5S. The van der Waals surface area contributed by atoms with E-state index in [2.05, 4.69) is 4.98 Å². The quantitative estimate of drug-likeness (QED) is 0.363. The molecule has 0 aliphatic carbocycles. The number of hydrogen-bond donors (Lipinski definition) is 1. The van der Waals surface area contributed by atoms with Gasteiger partial charge < -0.3 is 14.5 Å². The maximum Gasteiger partial charge on any atom is 0.252 e. The van der Waals surface area contributed by atoms with Gasteiger partial charge in [-0.25, -0.2) is 8.42 Å². The van der Waals surface area contributed by atoms with E-state index >= 15 is 0 Å². The van der Waals surface area contributed by atoms with E-state index in [9.17, 15) is 13.2 Å². The topological polar surface area (TPSA) is 88.7 Å². The lowest BCUT2D eigenvalue weighted by molar-refractivity contribution is 0.355. The number of sulfonamides is 1. The fraction of sp³-hybridized carbons (Fsp3) is 0.192. The average molecular weight is 513 g/mol. The summed E-state index contributed by atoms with van der Waals surface area (Å²) in [4.78, 5) is 15.9. The lowest BCUT2D eigenvalue weighted by Gasteiger charge is -2.23. The van der Waals surface area contributed by atoms with Gasteiger partial charge in [-0.2, -0.15) is 4.31 Å².